The van der Waals surface area contributed by atoms with Gasteiger partial charge in [-0.15, -0.1) is 0 Å². The number of carbonyl (C=O) groups is 1. The van der Waals surface area contributed by atoms with E-state index in [0.29, 0.717) is 23.0 Å². The molecule has 0 radical (unpaired) electrons. The number of Topliss-reactive ketones (excluding diaryl/α,β-unsaturated/α-hetero) is 1. The highest BCUT2D eigenvalue weighted by Gasteiger charge is 2.55. The number of aromatic nitrogens is 2. The highest BCUT2D eigenvalue weighted by molar-refractivity contribution is 5.83. The first-order valence-corrected chi connectivity index (χ1v) is 10.7. The predicted octanol–water partition coefficient (Wildman–Crippen LogP) is 3.51. The summed E-state index contributed by atoms with van der Waals surface area (Å²) in [6.07, 6.45) is 8.88. The van der Waals surface area contributed by atoms with Crippen LogP contribution in [-0.2, 0) is 4.79 Å². The average Bonchev–Trinajstić information content (AvgIpc) is 2.59. The van der Waals surface area contributed by atoms with Crippen LogP contribution in [0.3, 0.4) is 0 Å². The van der Waals surface area contributed by atoms with E-state index >= 15 is 0 Å². The van der Waals surface area contributed by atoms with Gasteiger partial charge in [-0.3, -0.25) is 9.69 Å². The van der Waals surface area contributed by atoms with E-state index in [1.54, 1.807) is 0 Å². The van der Waals surface area contributed by atoms with Crippen molar-refractivity contribution in [1.82, 2.24) is 14.9 Å². The van der Waals surface area contributed by atoms with Crippen LogP contribution in [0, 0.1) is 17.3 Å². The van der Waals surface area contributed by atoms with Crippen molar-refractivity contribution in [2.45, 2.75) is 65.3 Å². The molecule has 1 aliphatic heterocycles. The number of rotatable bonds is 5. The van der Waals surface area contributed by atoms with E-state index in [2.05, 4.69) is 33.6 Å². The molecule has 27 heavy (non-hydrogen) atoms. The van der Waals surface area contributed by atoms with Crippen molar-refractivity contribution in [2.24, 2.45) is 17.3 Å². The second kappa shape index (κ2) is 7.16. The van der Waals surface area contributed by atoms with Gasteiger partial charge in [-0.25, -0.2) is 9.97 Å². The van der Waals surface area contributed by atoms with E-state index in [9.17, 15) is 4.79 Å². The van der Waals surface area contributed by atoms with Gasteiger partial charge in [0.1, 0.15) is 11.6 Å². The van der Waals surface area contributed by atoms with Gasteiger partial charge in [0.15, 0.2) is 0 Å². The number of anilines is 1. The number of carbonyl (C=O) groups excluding carboxylic acids is 1. The molecule has 0 bridgehead atoms. The van der Waals surface area contributed by atoms with E-state index in [4.69, 9.17) is 0 Å². The smallest absolute Gasteiger partial charge is 0.138 e. The maximum absolute atomic E-state index is 12.1. The van der Waals surface area contributed by atoms with Crippen molar-refractivity contribution >= 4 is 11.5 Å². The first-order chi connectivity index (χ1) is 12.9. The van der Waals surface area contributed by atoms with Gasteiger partial charge < -0.3 is 4.90 Å². The molecular formula is C22H34N4O. The molecule has 1 aromatic rings. The van der Waals surface area contributed by atoms with Crippen molar-refractivity contribution in [2.75, 3.05) is 31.1 Å². The maximum atomic E-state index is 12.1. The summed E-state index contributed by atoms with van der Waals surface area (Å²) in [5.74, 6) is 2.35. The van der Waals surface area contributed by atoms with Gasteiger partial charge in [0.05, 0.1) is 18.1 Å². The Morgan fingerprint density at radius 2 is 1.59 bits per heavy atom. The van der Waals surface area contributed by atoms with Gasteiger partial charge in [-0.05, 0) is 31.1 Å². The molecule has 0 unspecified atom stereocenters. The minimum Gasteiger partial charge on any atom is -0.366 e. The standard InChI is InChI=1S/C22H34N4O/c1-15(2)20(27)17-9-22(10-17)11-18(12-22)25-5-7-26(8-6-25)19-13-23-21(16(3)4)24-14-19/h13-18H,5-12H2,1-4H3. The highest BCUT2D eigenvalue weighted by atomic mass is 16.1. The molecule has 148 valence electrons. The molecule has 1 spiro atoms. The molecule has 3 aliphatic rings. The minimum absolute atomic E-state index is 0.204. The SMILES string of the molecule is CC(C)C(=O)C1CC2(C1)CC(N1CCN(c3cnc(C(C)C)nc3)CC1)C2. The third-order valence-electron chi connectivity index (χ3n) is 7.04. The second-order valence-corrected chi connectivity index (χ2v) is 9.70. The van der Waals surface area contributed by atoms with Crippen molar-refractivity contribution < 1.29 is 4.79 Å². The van der Waals surface area contributed by atoms with E-state index in [1.165, 1.54) is 12.8 Å². The molecule has 5 nitrogen and oxygen atoms in total. The lowest BCUT2D eigenvalue weighted by molar-refractivity contribution is -0.144. The van der Waals surface area contributed by atoms with Gasteiger partial charge >= 0.3 is 0 Å². The molecule has 0 amide bonds. The summed E-state index contributed by atoms with van der Waals surface area (Å²) in [6, 6.07) is 0.738. The van der Waals surface area contributed by atoms with E-state index in [1.807, 2.05) is 26.2 Å². The number of piperazine rings is 1. The van der Waals surface area contributed by atoms with Gasteiger partial charge in [0.25, 0.3) is 0 Å². The lowest BCUT2D eigenvalue weighted by Gasteiger charge is -2.60. The molecule has 1 aromatic heterocycles. The van der Waals surface area contributed by atoms with Crippen LogP contribution in [0.2, 0.25) is 0 Å². The fourth-order valence-corrected chi connectivity index (χ4v) is 5.33. The summed E-state index contributed by atoms with van der Waals surface area (Å²) in [4.78, 5) is 26.2. The lowest BCUT2D eigenvalue weighted by atomic mass is 9.48. The number of hydrogen-bond donors (Lipinski definition) is 0. The van der Waals surface area contributed by atoms with Crippen LogP contribution in [0.15, 0.2) is 12.4 Å². The topological polar surface area (TPSA) is 49.3 Å². The zero-order valence-electron chi connectivity index (χ0n) is 17.3. The maximum Gasteiger partial charge on any atom is 0.138 e. The summed E-state index contributed by atoms with van der Waals surface area (Å²) < 4.78 is 0. The normalized spacial score (nSPS) is 31.3. The Hall–Kier alpha value is -1.49. The second-order valence-electron chi connectivity index (χ2n) is 9.70. The Kier molecular flexibility index (Phi) is 5.00. The Morgan fingerprint density at radius 3 is 2.11 bits per heavy atom. The van der Waals surface area contributed by atoms with Crippen LogP contribution in [0.25, 0.3) is 0 Å². The third kappa shape index (κ3) is 3.63. The monoisotopic (exact) mass is 370 g/mol. The minimum atomic E-state index is 0.204. The lowest BCUT2D eigenvalue weighted by Crippen LogP contribution is -2.61. The van der Waals surface area contributed by atoms with Crippen molar-refractivity contribution in [1.29, 1.82) is 0 Å². The highest BCUT2D eigenvalue weighted by Crippen LogP contribution is 2.60. The van der Waals surface area contributed by atoms with Crippen LogP contribution in [0.4, 0.5) is 5.69 Å². The quantitative estimate of drug-likeness (QED) is 0.794. The molecule has 5 heteroatoms. The first kappa shape index (κ1) is 18.9. The van der Waals surface area contributed by atoms with Gasteiger partial charge in [0, 0.05) is 50.0 Å². The molecule has 2 heterocycles. The molecular weight excluding hydrogens is 336 g/mol. The Labute approximate surface area is 163 Å². The summed E-state index contributed by atoms with van der Waals surface area (Å²) in [6.45, 7) is 12.7. The molecule has 0 aromatic carbocycles. The molecule has 2 saturated carbocycles. The molecule has 1 saturated heterocycles. The molecule has 3 fully saturated rings. The van der Waals surface area contributed by atoms with E-state index in [-0.39, 0.29) is 5.92 Å². The van der Waals surface area contributed by atoms with E-state index in [0.717, 1.165) is 56.6 Å². The molecule has 0 N–H and O–H groups in total. The summed E-state index contributed by atoms with van der Waals surface area (Å²) in [5, 5.41) is 0. The summed E-state index contributed by atoms with van der Waals surface area (Å²) >= 11 is 0. The fourth-order valence-electron chi connectivity index (χ4n) is 5.33. The average molecular weight is 371 g/mol. The summed E-state index contributed by atoms with van der Waals surface area (Å²) in [5.41, 5.74) is 1.66. The van der Waals surface area contributed by atoms with Crippen LogP contribution < -0.4 is 4.90 Å². The van der Waals surface area contributed by atoms with Crippen LogP contribution in [0.1, 0.15) is 65.1 Å². The zero-order valence-corrected chi connectivity index (χ0v) is 17.3. The Balaban J connectivity index is 1.23. The van der Waals surface area contributed by atoms with Gasteiger partial charge in [-0.1, -0.05) is 27.7 Å². The van der Waals surface area contributed by atoms with Crippen molar-refractivity contribution in [3.05, 3.63) is 18.2 Å². The van der Waals surface area contributed by atoms with Crippen LogP contribution in [0.5, 0.6) is 0 Å². The number of hydrogen-bond acceptors (Lipinski definition) is 5. The Morgan fingerprint density at radius 1 is 1.00 bits per heavy atom. The Bertz CT molecular complexity index is 662. The first-order valence-electron chi connectivity index (χ1n) is 10.7. The summed E-state index contributed by atoms with van der Waals surface area (Å²) in [7, 11) is 0. The third-order valence-corrected chi connectivity index (χ3v) is 7.04. The molecule has 0 atom stereocenters. The zero-order chi connectivity index (χ0) is 19.2. The number of nitrogens with zero attached hydrogens (tertiary/aromatic N) is 4. The largest absolute Gasteiger partial charge is 0.366 e. The number of ketones is 1. The van der Waals surface area contributed by atoms with Crippen molar-refractivity contribution in [3.63, 3.8) is 0 Å². The molecule has 2 aliphatic carbocycles. The van der Waals surface area contributed by atoms with Gasteiger partial charge in [-0.2, -0.15) is 0 Å². The molecule has 4 rings (SSSR count). The van der Waals surface area contributed by atoms with Gasteiger partial charge in [0.2, 0.25) is 0 Å². The van der Waals surface area contributed by atoms with Crippen LogP contribution in [-0.4, -0.2) is 52.9 Å². The van der Waals surface area contributed by atoms with E-state index < -0.39 is 0 Å². The fraction of sp³-hybridized carbons (Fsp3) is 0.773. The van der Waals surface area contributed by atoms with Crippen molar-refractivity contribution in [3.8, 4) is 0 Å². The predicted molar refractivity (Wildman–Crippen MR) is 108 cm³/mol. The van der Waals surface area contributed by atoms with Crippen LogP contribution >= 0.6 is 0 Å².